The molecular weight excluding hydrogens is 184 g/mol. The normalized spacial score (nSPS) is 21.6. The van der Waals surface area contributed by atoms with E-state index in [1.807, 2.05) is 0 Å². The van der Waals surface area contributed by atoms with Crippen molar-refractivity contribution in [3.63, 3.8) is 0 Å². The standard InChI is InChI=1S/C13H20N2/c1-10-6-13(7-11(2)15-10)8-12-4-3-5-14-9-12/h6-7,12,14H,3-5,8-9H2,1-2H3/t12-/m1/s1. The summed E-state index contributed by atoms with van der Waals surface area (Å²) in [6.45, 7) is 6.54. The number of hydrogen-bond donors (Lipinski definition) is 1. The van der Waals surface area contributed by atoms with Crippen LogP contribution in [0, 0.1) is 19.8 Å². The van der Waals surface area contributed by atoms with E-state index in [1.54, 1.807) is 0 Å². The summed E-state index contributed by atoms with van der Waals surface area (Å²) in [6, 6.07) is 4.45. The Kier molecular flexibility index (Phi) is 3.37. The zero-order chi connectivity index (χ0) is 10.7. The van der Waals surface area contributed by atoms with Crippen LogP contribution in [0.5, 0.6) is 0 Å². The molecule has 2 rings (SSSR count). The second-order valence-corrected chi connectivity index (χ2v) is 4.67. The Morgan fingerprint density at radius 3 is 2.67 bits per heavy atom. The fourth-order valence-electron chi connectivity index (χ4n) is 2.47. The Labute approximate surface area is 92.1 Å². The molecule has 2 heterocycles. The van der Waals surface area contributed by atoms with Gasteiger partial charge in [0.25, 0.3) is 0 Å². The van der Waals surface area contributed by atoms with Crippen molar-refractivity contribution in [2.45, 2.75) is 33.1 Å². The van der Waals surface area contributed by atoms with Gasteiger partial charge in [0.15, 0.2) is 0 Å². The molecule has 0 aliphatic carbocycles. The largest absolute Gasteiger partial charge is 0.316 e. The second kappa shape index (κ2) is 4.75. The van der Waals surface area contributed by atoms with E-state index < -0.39 is 0 Å². The Morgan fingerprint density at radius 2 is 2.07 bits per heavy atom. The fraction of sp³-hybridized carbons (Fsp3) is 0.615. The van der Waals surface area contributed by atoms with Crippen LogP contribution >= 0.6 is 0 Å². The minimum absolute atomic E-state index is 0.819. The topological polar surface area (TPSA) is 24.9 Å². The molecule has 0 unspecified atom stereocenters. The molecule has 1 aliphatic rings. The van der Waals surface area contributed by atoms with Crippen molar-refractivity contribution in [3.8, 4) is 0 Å². The lowest BCUT2D eigenvalue weighted by Crippen LogP contribution is -2.30. The Morgan fingerprint density at radius 1 is 1.33 bits per heavy atom. The molecule has 0 amide bonds. The third kappa shape index (κ3) is 3.03. The van der Waals surface area contributed by atoms with Gasteiger partial charge in [-0.1, -0.05) is 0 Å². The van der Waals surface area contributed by atoms with E-state index in [9.17, 15) is 0 Å². The monoisotopic (exact) mass is 204 g/mol. The molecule has 2 heteroatoms. The quantitative estimate of drug-likeness (QED) is 0.799. The number of pyridine rings is 1. The van der Waals surface area contributed by atoms with E-state index in [0.29, 0.717) is 0 Å². The molecular formula is C13H20N2. The van der Waals surface area contributed by atoms with Crippen molar-refractivity contribution < 1.29 is 0 Å². The summed E-state index contributed by atoms with van der Waals surface area (Å²) in [6.07, 6.45) is 3.90. The number of nitrogens with one attached hydrogen (secondary N) is 1. The van der Waals surface area contributed by atoms with E-state index >= 15 is 0 Å². The van der Waals surface area contributed by atoms with Crippen LogP contribution in [-0.2, 0) is 6.42 Å². The molecule has 82 valence electrons. The average molecular weight is 204 g/mol. The number of aromatic nitrogens is 1. The van der Waals surface area contributed by atoms with Crippen molar-refractivity contribution in [1.29, 1.82) is 0 Å². The van der Waals surface area contributed by atoms with Crippen LogP contribution in [0.25, 0.3) is 0 Å². The highest BCUT2D eigenvalue weighted by molar-refractivity contribution is 5.20. The maximum Gasteiger partial charge on any atom is 0.0378 e. The van der Waals surface area contributed by atoms with Gasteiger partial charge in [-0.15, -0.1) is 0 Å². The SMILES string of the molecule is Cc1cc(C[C@H]2CCCNC2)cc(C)n1. The third-order valence-electron chi connectivity index (χ3n) is 3.06. The number of aryl methyl sites for hydroxylation is 2. The molecule has 2 nitrogen and oxygen atoms in total. The number of rotatable bonds is 2. The molecule has 0 saturated carbocycles. The molecule has 0 bridgehead atoms. The van der Waals surface area contributed by atoms with Crippen LogP contribution in [-0.4, -0.2) is 18.1 Å². The molecule has 15 heavy (non-hydrogen) atoms. The van der Waals surface area contributed by atoms with Gasteiger partial charge in [0.2, 0.25) is 0 Å². The van der Waals surface area contributed by atoms with Gasteiger partial charge in [-0.05, 0) is 69.8 Å². The van der Waals surface area contributed by atoms with Crippen molar-refractivity contribution in [2.75, 3.05) is 13.1 Å². The summed E-state index contributed by atoms with van der Waals surface area (Å²) >= 11 is 0. The van der Waals surface area contributed by atoms with Crippen LogP contribution in [0.1, 0.15) is 29.8 Å². The molecule has 0 spiro atoms. The smallest absolute Gasteiger partial charge is 0.0378 e. The minimum atomic E-state index is 0.819. The van der Waals surface area contributed by atoms with Crippen LogP contribution in [0.3, 0.4) is 0 Å². The van der Waals surface area contributed by atoms with Crippen molar-refractivity contribution in [3.05, 3.63) is 29.1 Å². The molecule has 1 N–H and O–H groups in total. The van der Waals surface area contributed by atoms with Gasteiger partial charge >= 0.3 is 0 Å². The van der Waals surface area contributed by atoms with Gasteiger partial charge in [-0.25, -0.2) is 0 Å². The van der Waals surface area contributed by atoms with Gasteiger partial charge in [0, 0.05) is 11.4 Å². The Balaban J connectivity index is 2.02. The molecule has 0 aromatic carbocycles. The molecule has 1 atom stereocenters. The van der Waals surface area contributed by atoms with Crippen molar-refractivity contribution in [2.24, 2.45) is 5.92 Å². The first-order valence-corrected chi connectivity index (χ1v) is 5.89. The molecule has 0 radical (unpaired) electrons. The summed E-state index contributed by atoms with van der Waals surface area (Å²) in [5, 5.41) is 3.47. The summed E-state index contributed by atoms with van der Waals surface area (Å²) < 4.78 is 0. The van der Waals surface area contributed by atoms with Crippen molar-refractivity contribution in [1.82, 2.24) is 10.3 Å². The van der Waals surface area contributed by atoms with Gasteiger partial charge in [-0.3, -0.25) is 4.98 Å². The Bertz CT molecular complexity index is 307. The first kappa shape index (κ1) is 10.6. The maximum absolute atomic E-state index is 4.41. The molecule has 1 aliphatic heterocycles. The summed E-state index contributed by atoms with van der Waals surface area (Å²) in [5.74, 6) is 0.819. The number of hydrogen-bond acceptors (Lipinski definition) is 2. The van der Waals surface area contributed by atoms with Crippen LogP contribution in [0.15, 0.2) is 12.1 Å². The predicted molar refractivity (Wildman–Crippen MR) is 63.0 cm³/mol. The average Bonchev–Trinajstić information content (AvgIpc) is 2.17. The van der Waals surface area contributed by atoms with E-state index in [2.05, 4.69) is 36.3 Å². The first-order valence-electron chi connectivity index (χ1n) is 5.89. The van der Waals surface area contributed by atoms with E-state index in [-0.39, 0.29) is 0 Å². The van der Waals surface area contributed by atoms with Gasteiger partial charge < -0.3 is 5.32 Å². The molecule has 1 aromatic heterocycles. The van der Waals surface area contributed by atoms with Crippen LogP contribution < -0.4 is 5.32 Å². The summed E-state index contributed by atoms with van der Waals surface area (Å²) in [7, 11) is 0. The first-order chi connectivity index (χ1) is 7.24. The van der Waals surface area contributed by atoms with Crippen LogP contribution in [0.4, 0.5) is 0 Å². The minimum Gasteiger partial charge on any atom is -0.316 e. The predicted octanol–water partition coefficient (Wildman–Crippen LogP) is 2.24. The number of nitrogens with zero attached hydrogens (tertiary/aromatic N) is 1. The van der Waals surface area contributed by atoms with E-state index in [1.165, 1.54) is 37.9 Å². The summed E-state index contributed by atoms with van der Waals surface area (Å²) in [5.41, 5.74) is 3.75. The lowest BCUT2D eigenvalue weighted by molar-refractivity contribution is 0.376. The molecule has 1 saturated heterocycles. The van der Waals surface area contributed by atoms with Gasteiger partial charge in [0.1, 0.15) is 0 Å². The summed E-state index contributed by atoms with van der Waals surface area (Å²) in [4.78, 5) is 4.41. The second-order valence-electron chi connectivity index (χ2n) is 4.67. The Hall–Kier alpha value is -0.890. The highest BCUT2D eigenvalue weighted by Crippen LogP contribution is 2.17. The lowest BCUT2D eigenvalue weighted by atomic mass is 9.92. The molecule has 1 fully saturated rings. The maximum atomic E-state index is 4.41. The zero-order valence-corrected chi connectivity index (χ0v) is 9.71. The van der Waals surface area contributed by atoms with E-state index in [4.69, 9.17) is 0 Å². The highest BCUT2D eigenvalue weighted by atomic mass is 14.9. The zero-order valence-electron chi connectivity index (χ0n) is 9.71. The highest BCUT2D eigenvalue weighted by Gasteiger charge is 2.13. The van der Waals surface area contributed by atoms with Gasteiger partial charge in [0.05, 0.1) is 0 Å². The van der Waals surface area contributed by atoms with Crippen LogP contribution in [0.2, 0.25) is 0 Å². The third-order valence-corrected chi connectivity index (χ3v) is 3.06. The fourth-order valence-corrected chi connectivity index (χ4v) is 2.47. The number of piperidine rings is 1. The van der Waals surface area contributed by atoms with E-state index in [0.717, 1.165) is 17.3 Å². The lowest BCUT2D eigenvalue weighted by Gasteiger charge is -2.22. The van der Waals surface area contributed by atoms with Gasteiger partial charge in [-0.2, -0.15) is 0 Å². The molecule has 1 aromatic rings. The van der Waals surface area contributed by atoms with Crippen molar-refractivity contribution >= 4 is 0 Å².